The van der Waals surface area contributed by atoms with E-state index >= 15 is 0 Å². The molecule has 2 N–H and O–H groups in total. The molecule has 0 aromatic heterocycles. The quantitative estimate of drug-likeness (QED) is 0.654. The second kappa shape index (κ2) is 10.00. The van der Waals surface area contributed by atoms with E-state index in [-0.39, 0.29) is 11.9 Å². The van der Waals surface area contributed by atoms with Gasteiger partial charge in [-0.1, -0.05) is 24.3 Å². The van der Waals surface area contributed by atoms with Crippen molar-refractivity contribution in [2.45, 2.75) is 26.2 Å². The zero-order valence-electron chi connectivity index (χ0n) is 13.9. The van der Waals surface area contributed by atoms with Gasteiger partial charge >= 0.3 is 0 Å². The molecule has 0 aliphatic carbocycles. The number of hydrogen-bond acceptors (Lipinski definition) is 5. The minimum absolute atomic E-state index is 0.0150. The van der Waals surface area contributed by atoms with Crippen LogP contribution in [0.15, 0.2) is 48.5 Å². The molecule has 2 aromatic carbocycles. The highest BCUT2D eigenvalue weighted by Crippen LogP contribution is 2.14. The van der Waals surface area contributed by atoms with E-state index in [0.29, 0.717) is 19.7 Å². The molecule has 0 aliphatic rings. The van der Waals surface area contributed by atoms with Gasteiger partial charge in [-0.25, -0.2) is 9.87 Å². The van der Waals surface area contributed by atoms with Gasteiger partial charge in [0, 0.05) is 13.1 Å². The molecule has 5 nitrogen and oxygen atoms in total. The van der Waals surface area contributed by atoms with Crippen LogP contribution in [0.3, 0.4) is 0 Å². The molecule has 1 atom stereocenters. The largest absolute Gasteiger partial charge is 0.489 e. The predicted molar refractivity (Wildman–Crippen MR) is 89.6 cm³/mol. The Morgan fingerprint density at radius 1 is 1.04 bits per heavy atom. The molecule has 6 heteroatoms. The van der Waals surface area contributed by atoms with E-state index in [2.05, 4.69) is 11.0 Å². The van der Waals surface area contributed by atoms with Crippen LogP contribution >= 0.6 is 0 Å². The van der Waals surface area contributed by atoms with Crippen molar-refractivity contribution < 1.29 is 18.8 Å². The number of benzene rings is 2. The van der Waals surface area contributed by atoms with Gasteiger partial charge in [-0.3, -0.25) is 4.84 Å². The molecule has 0 bridgehead atoms. The fourth-order valence-corrected chi connectivity index (χ4v) is 2.01. The first-order valence-corrected chi connectivity index (χ1v) is 7.78. The lowest BCUT2D eigenvalue weighted by atomic mass is 10.2. The molecule has 2 rings (SSSR count). The van der Waals surface area contributed by atoms with E-state index < -0.39 is 0 Å². The van der Waals surface area contributed by atoms with Gasteiger partial charge in [0.15, 0.2) is 0 Å². The Hall–Kier alpha value is -1.99. The van der Waals surface area contributed by atoms with Gasteiger partial charge in [-0.2, -0.15) is 5.48 Å². The van der Waals surface area contributed by atoms with Gasteiger partial charge in [0.25, 0.3) is 0 Å². The SMILES string of the molecule is CONCC(C)ONCc1ccc(OCc2cccc(F)c2)cc1. The van der Waals surface area contributed by atoms with Crippen molar-refractivity contribution in [3.8, 4) is 5.75 Å². The number of rotatable bonds is 10. The minimum Gasteiger partial charge on any atom is -0.489 e. The van der Waals surface area contributed by atoms with Crippen LogP contribution in [-0.4, -0.2) is 19.8 Å². The van der Waals surface area contributed by atoms with Crippen molar-refractivity contribution in [1.29, 1.82) is 0 Å². The molecular formula is C18H23FN2O3. The molecule has 0 spiro atoms. The normalized spacial score (nSPS) is 12.1. The Kier molecular flexibility index (Phi) is 7.64. The van der Waals surface area contributed by atoms with Crippen LogP contribution in [0.4, 0.5) is 4.39 Å². The Balaban J connectivity index is 1.72. The average molecular weight is 334 g/mol. The lowest BCUT2D eigenvalue weighted by Gasteiger charge is -2.13. The summed E-state index contributed by atoms with van der Waals surface area (Å²) >= 11 is 0. The molecule has 0 fully saturated rings. The summed E-state index contributed by atoms with van der Waals surface area (Å²) in [7, 11) is 1.57. The number of halogens is 1. The highest BCUT2D eigenvalue weighted by atomic mass is 19.1. The third kappa shape index (κ3) is 6.64. The lowest BCUT2D eigenvalue weighted by molar-refractivity contribution is -0.0403. The first kappa shape index (κ1) is 18.4. The zero-order chi connectivity index (χ0) is 17.2. The molecule has 0 aliphatic heterocycles. The second-order valence-electron chi connectivity index (χ2n) is 5.36. The summed E-state index contributed by atoms with van der Waals surface area (Å²) in [5.41, 5.74) is 7.51. The smallest absolute Gasteiger partial charge is 0.123 e. The third-order valence-corrected chi connectivity index (χ3v) is 3.29. The Morgan fingerprint density at radius 3 is 2.54 bits per heavy atom. The van der Waals surface area contributed by atoms with Gasteiger partial charge in [0.2, 0.25) is 0 Å². The highest BCUT2D eigenvalue weighted by Gasteiger charge is 2.02. The summed E-state index contributed by atoms with van der Waals surface area (Å²) in [5.74, 6) is 0.481. The van der Waals surface area contributed by atoms with E-state index in [4.69, 9.17) is 14.4 Å². The molecule has 24 heavy (non-hydrogen) atoms. The summed E-state index contributed by atoms with van der Waals surface area (Å²) < 4.78 is 18.8. The van der Waals surface area contributed by atoms with Crippen LogP contribution < -0.4 is 15.7 Å². The van der Waals surface area contributed by atoms with Crippen LogP contribution in [-0.2, 0) is 22.8 Å². The van der Waals surface area contributed by atoms with Gasteiger partial charge in [0.05, 0.1) is 13.2 Å². The van der Waals surface area contributed by atoms with E-state index in [1.54, 1.807) is 13.2 Å². The average Bonchev–Trinajstić information content (AvgIpc) is 2.59. The Labute approximate surface area is 141 Å². The van der Waals surface area contributed by atoms with E-state index in [9.17, 15) is 4.39 Å². The van der Waals surface area contributed by atoms with Gasteiger partial charge in [-0.15, -0.1) is 0 Å². The van der Waals surface area contributed by atoms with Crippen LogP contribution in [0.1, 0.15) is 18.1 Å². The molecule has 0 amide bonds. The molecule has 0 saturated heterocycles. The Morgan fingerprint density at radius 2 is 1.83 bits per heavy atom. The summed E-state index contributed by atoms with van der Waals surface area (Å²) in [6.07, 6.45) is -0.0150. The molecule has 0 heterocycles. The maximum Gasteiger partial charge on any atom is 0.123 e. The number of ether oxygens (including phenoxy) is 1. The van der Waals surface area contributed by atoms with Crippen LogP contribution in [0.25, 0.3) is 0 Å². The predicted octanol–water partition coefficient (Wildman–Crippen LogP) is 2.97. The highest BCUT2D eigenvalue weighted by molar-refractivity contribution is 5.27. The molecule has 1 unspecified atom stereocenters. The van der Waals surface area contributed by atoms with E-state index in [1.807, 2.05) is 37.3 Å². The van der Waals surface area contributed by atoms with E-state index in [1.165, 1.54) is 12.1 Å². The fraction of sp³-hybridized carbons (Fsp3) is 0.333. The summed E-state index contributed by atoms with van der Waals surface area (Å²) in [6, 6.07) is 14.1. The molecular weight excluding hydrogens is 311 g/mol. The van der Waals surface area contributed by atoms with Crippen LogP contribution in [0.5, 0.6) is 5.75 Å². The Bertz CT molecular complexity index is 607. The van der Waals surface area contributed by atoms with Gasteiger partial charge in [-0.05, 0) is 42.3 Å². The number of hydrogen-bond donors (Lipinski definition) is 2. The van der Waals surface area contributed by atoms with Gasteiger partial charge < -0.3 is 9.57 Å². The topological polar surface area (TPSA) is 51.8 Å². The lowest BCUT2D eigenvalue weighted by Crippen LogP contribution is -2.30. The second-order valence-corrected chi connectivity index (χ2v) is 5.36. The van der Waals surface area contributed by atoms with Crippen LogP contribution in [0.2, 0.25) is 0 Å². The zero-order valence-corrected chi connectivity index (χ0v) is 13.9. The van der Waals surface area contributed by atoms with Crippen LogP contribution in [0, 0.1) is 5.82 Å². The summed E-state index contributed by atoms with van der Waals surface area (Å²) in [5, 5.41) is 0. The van der Waals surface area contributed by atoms with Crippen molar-refractivity contribution in [2.75, 3.05) is 13.7 Å². The van der Waals surface area contributed by atoms with Gasteiger partial charge in [0.1, 0.15) is 18.2 Å². The molecule has 2 aromatic rings. The minimum atomic E-state index is -0.257. The van der Waals surface area contributed by atoms with Crippen molar-refractivity contribution in [3.63, 3.8) is 0 Å². The molecule has 130 valence electrons. The monoisotopic (exact) mass is 334 g/mol. The van der Waals surface area contributed by atoms with Crippen molar-refractivity contribution >= 4 is 0 Å². The molecule has 0 radical (unpaired) electrons. The molecule has 0 saturated carbocycles. The maximum atomic E-state index is 13.1. The fourth-order valence-electron chi connectivity index (χ4n) is 2.01. The first-order valence-electron chi connectivity index (χ1n) is 7.78. The summed E-state index contributed by atoms with van der Waals surface area (Å²) in [6.45, 7) is 3.45. The summed E-state index contributed by atoms with van der Waals surface area (Å²) in [4.78, 5) is 10.2. The number of nitrogens with one attached hydrogen (secondary N) is 2. The van der Waals surface area contributed by atoms with Crippen molar-refractivity contribution in [3.05, 3.63) is 65.5 Å². The maximum absolute atomic E-state index is 13.1. The number of hydroxylamine groups is 2. The first-order chi connectivity index (χ1) is 11.7. The van der Waals surface area contributed by atoms with E-state index in [0.717, 1.165) is 16.9 Å². The van der Waals surface area contributed by atoms with Crippen molar-refractivity contribution in [1.82, 2.24) is 11.0 Å². The third-order valence-electron chi connectivity index (χ3n) is 3.29. The standard InChI is InChI=1S/C18H23FN2O3/c1-14(11-20-22-2)24-21-12-15-6-8-18(9-7-15)23-13-16-4-3-5-17(19)10-16/h3-10,14,20-21H,11-13H2,1-2H3. The van der Waals surface area contributed by atoms with Crippen molar-refractivity contribution in [2.24, 2.45) is 0 Å².